The smallest absolute Gasteiger partial charge is 0.397 e. The highest BCUT2D eigenvalue weighted by Crippen LogP contribution is 2.42. The fourth-order valence-electron chi connectivity index (χ4n) is 5.56. The Morgan fingerprint density at radius 2 is 1.43 bits per heavy atom. The molecule has 4 aromatic rings. The molecule has 5 rings (SSSR count). The molecule has 0 aliphatic heterocycles. The molecule has 6 N–H and O–H groups in total. The van der Waals surface area contributed by atoms with Gasteiger partial charge in [-0.2, -0.15) is 30.4 Å². The number of fused-ring (bicyclic) bond motifs is 2. The molecule has 0 saturated heterocycles. The van der Waals surface area contributed by atoms with Gasteiger partial charge in [0.1, 0.15) is 10.6 Å². The third-order valence-electron chi connectivity index (χ3n) is 8.04. The topological polar surface area (TPSA) is 318 Å². The number of amides is 1. The lowest BCUT2D eigenvalue weighted by atomic mass is 9.82. The molecule has 23 heteroatoms. The zero-order chi connectivity index (χ0) is 39.1. The van der Waals surface area contributed by atoms with Gasteiger partial charge in [0.15, 0.2) is 15.6 Å². The average molecular weight is 814 g/mol. The van der Waals surface area contributed by atoms with Crippen molar-refractivity contribution < 1.29 is 71.3 Å². The van der Waals surface area contributed by atoms with E-state index < -0.39 is 103 Å². The van der Waals surface area contributed by atoms with Crippen molar-refractivity contribution in [3.05, 3.63) is 66.7 Å². The lowest BCUT2D eigenvalue weighted by Crippen LogP contribution is -2.34. The Labute approximate surface area is 301 Å². The van der Waals surface area contributed by atoms with Crippen LogP contribution in [0.2, 0.25) is 0 Å². The van der Waals surface area contributed by atoms with Gasteiger partial charge < -0.3 is 15.5 Å². The first-order valence-electron chi connectivity index (χ1n) is 14.8. The summed E-state index contributed by atoms with van der Waals surface area (Å²) >= 11 is 0. The number of sulfone groups is 1. The summed E-state index contributed by atoms with van der Waals surface area (Å²) in [5.41, 5.74) is -0.856. The molecule has 0 aromatic heterocycles. The van der Waals surface area contributed by atoms with Gasteiger partial charge in [-0.25, -0.2) is 12.6 Å². The number of carboxylic acids is 1. The van der Waals surface area contributed by atoms with Gasteiger partial charge in [-0.05, 0) is 72.1 Å². The highest BCUT2D eigenvalue weighted by Gasteiger charge is 2.34. The summed E-state index contributed by atoms with van der Waals surface area (Å²) in [5, 5.41) is 30.5. The second-order valence-electron chi connectivity index (χ2n) is 11.5. The number of nitrogens with zero attached hydrogens (tertiary/aromatic N) is 2. The zero-order valence-corrected chi connectivity index (χ0v) is 29.9. The normalized spacial score (nSPS) is 17.0. The third kappa shape index (κ3) is 9.02. The molecule has 0 fully saturated rings. The number of aromatic hydroxyl groups is 1. The van der Waals surface area contributed by atoms with Crippen LogP contribution in [0.3, 0.4) is 0 Å². The zero-order valence-electron chi connectivity index (χ0n) is 26.6. The average Bonchev–Trinajstić information content (AvgIpc) is 3.05. The van der Waals surface area contributed by atoms with Gasteiger partial charge in [-0.3, -0.25) is 23.2 Å². The second kappa shape index (κ2) is 14.5. The lowest BCUT2D eigenvalue weighted by Gasteiger charge is -2.24. The van der Waals surface area contributed by atoms with Crippen LogP contribution < -0.4 is 5.32 Å². The van der Waals surface area contributed by atoms with Crippen molar-refractivity contribution in [1.82, 2.24) is 0 Å². The quantitative estimate of drug-likeness (QED) is 0.0673. The number of phenols is 1. The van der Waals surface area contributed by atoms with Gasteiger partial charge in [0, 0.05) is 16.5 Å². The van der Waals surface area contributed by atoms with E-state index in [1.54, 1.807) is 12.2 Å². The number of carbonyl (C=O) groups is 2. The molecule has 0 saturated carbocycles. The molecule has 0 radical (unpaired) electrons. The minimum atomic E-state index is -5.13. The van der Waals surface area contributed by atoms with Crippen molar-refractivity contribution in [2.45, 2.75) is 27.5 Å². The Morgan fingerprint density at radius 1 is 0.755 bits per heavy atom. The van der Waals surface area contributed by atoms with Crippen LogP contribution in [0.4, 0.5) is 17.1 Å². The number of hydrogen-bond acceptors (Lipinski definition) is 14. The van der Waals surface area contributed by atoms with Gasteiger partial charge in [0.05, 0.1) is 39.7 Å². The van der Waals surface area contributed by atoms with Crippen molar-refractivity contribution in [1.29, 1.82) is 0 Å². The first-order chi connectivity index (χ1) is 24.5. The van der Waals surface area contributed by atoms with Gasteiger partial charge >= 0.3 is 16.4 Å². The highest BCUT2D eigenvalue weighted by atomic mass is 32.3. The van der Waals surface area contributed by atoms with Crippen molar-refractivity contribution in [2.75, 3.05) is 17.7 Å². The number of phenolic OH excluding ortho intramolecular Hbond substituents is 1. The largest absolute Gasteiger partial charge is 0.505 e. The van der Waals surface area contributed by atoms with Crippen molar-refractivity contribution in [3.8, 4) is 5.75 Å². The Balaban J connectivity index is 1.55. The van der Waals surface area contributed by atoms with E-state index in [0.717, 1.165) is 24.3 Å². The molecule has 0 unspecified atom stereocenters. The Kier molecular flexibility index (Phi) is 10.8. The van der Waals surface area contributed by atoms with Crippen LogP contribution in [-0.2, 0) is 54.2 Å². The fraction of sp³-hybridized carbons (Fsp3) is 0.200. The Bertz CT molecular complexity index is 2690. The number of rotatable bonds is 12. The molecular weight excluding hydrogens is 787 g/mol. The van der Waals surface area contributed by atoms with E-state index in [0.29, 0.717) is 6.07 Å². The van der Waals surface area contributed by atoms with Crippen LogP contribution in [0, 0.1) is 11.8 Å². The maximum Gasteiger partial charge on any atom is 0.397 e. The molecule has 1 aliphatic rings. The van der Waals surface area contributed by atoms with Crippen LogP contribution in [0.15, 0.2) is 91.7 Å². The number of carboxylic acid groups (broad SMARTS) is 1. The molecule has 282 valence electrons. The van der Waals surface area contributed by atoms with Gasteiger partial charge in [0.25, 0.3) is 20.2 Å². The first kappa shape index (κ1) is 39.3. The number of benzene rings is 4. The second-order valence-corrected chi connectivity index (χ2v) is 17.5. The lowest BCUT2D eigenvalue weighted by molar-refractivity contribution is -0.146. The van der Waals surface area contributed by atoms with E-state index in [9.17, 15) is 62.6 Å². The summed E-state index contributed by atoms with van der Waals surface area (Å²) in [4.78, 5) is 22.1. The predicted molar refractivity (Wildman–Crippen MR) is 185 cm³/mol. The van der Waals surface area contributed by atoms with Crippen LogP contribution in [0.25, 0.3) is 21.5 Å². The van der Waals surface area contributed by atoms with E-state index in [-0.39, 0.29) is 45.8 Å². The Hall–Kier alpha value is -4.88. The summed E-state index contributed by atoms with van der Waals surface area (Å²) in [6.07, 6.45) is 3.66. The molecule has 53 heavy (non-hydrogen) atoms. The van der Waals surface area contributed by atoms with Gasteiger partial charge in [-0.1, -0.05) is 18.2 Å². The number of anilines is 1. The van der Waals surface area contributed by atoms with E-state index >= 15 is 0 Å². The van der Waals surface area contributed by atoms with Crippen molar-refractivity contribution >= 4 is 91.0 Å². The monoisotopic (exact) mass is 813 g/mol. The van der Waals surface area contributed by atoms with Crippen LogP contribution in [0.1, 0.15) is 12.8 Å². The van der Waals surface area contributed by atoms with Crippen LogP contribution in [0.5, 0.6) is 5.75 Å². The molecule has 0 heterocycles. The molecule has 1 aliphatic carbocycles. The number of aliphatic carboxylic acids is 1. The predicted octanol–water partition coefficient (Wildman–Crippen LogP) is 3.81. The first-order valence-corrected chi connectivity index (χ1v) is 20.7. The molecule has 1 amide bonds. The molecule has 2 atom stereocenters. The summed E-state index contributed by atoms with van der Waals surface area (Å²) in [7, 11) is -19.7. The minimum absolute atomic E-state index is 0.00151. The van der Waals surface area contributed by atoms with Crippen molar-refractivity contribution in [3.63, 3.8) is 0 Å². The fourth-order valence-corrected chi connectivity index (χ4v) is 8.57. The highest BCUT2D eigenvalue weighted by molar-refractivity contribution is 7.91. The molecule has 0 spiro atoms. The van der Waals surface area contributed by atoms with E-state index in [1.807, 2.05) is 0 Å². The maximum atomic E-state index is 13.2. The number of nitrogens with one attached hydrogen (secondary N) is 1. The minimum Gasteiger partial charge on any atom is -0.505 e. The number of allylic oxidation sites excluding steroid dienone is 2. The Morgan fingerprint density at radius 3 is 2.06 bits per heavy atom. The van der Waals surface area contributed by atoms with Crippen molar-refractivity contribution in [2.24, 2.45) is 22.1 Å². The summed E-state index contributed by atoms with van der Waals surface area (Å²) in [5.74, 6) is -5.51. The number of hydrogen-bond donors (Lipinski definition) is 6. The van der Waals surface area contributed by atoms with Gasteiger partial charge in [0.2, 0.25) is 5.91 Å². The SMILES string of the molecule is O=C(O)[C@H]1CC=CC[C@H]1C(=O)Nc1ccc2c(O)c(N=Nc3ccc4cc(S(=O)(=O)O)cc(S(=O)(=O)CCOS(=O)(=O)O)c4c3)c(S(=O)(=O)O)cc2c1. The molecule has 0 bridgehead atoms. The molecule has 4 aromatic carbocycles. The van der Waals surface area contributed by atoms with Crippen LogP contribution in [-0.4, -0.2) is 81.8 Å². The van der Waals surface area contributed by atoms with E-state index in [4.69, 9.17) is 4.55 Å². The maximum absolute atomic E-state index is 13.2. The number of carbonyl (C=O) groups excluding carboxylic acids is 1. The third-order valence-corrected chi connectivity index (χ3v) is 11.9. The molecule has 19 nitrogen and oxygen atoms in total. The number of azo groups is 1. The van der Waals surface area contributed by atoms with E-state index in [1.165, 1.54) is 24.3 Å². The van der Waals surface area contributed by atoms with Gasteiger partial charge in [-0.15, -0.1) is 5.11 Å². The molecular formula is C30H27N3O16S4. The summed E-state index contributed by atoms with van der Waals surface area (Å²) in [6, 6.07) is 9.71. The van der Waals surface area contributed by atoms with E-state index in [2.05, 4.69) is 19.7 Å². The van der Waals surface area contributed by atoms with Crippen LogP contribution >= 0.6 is 0 Å². The summed E-state index contributed by atoms with van der Waals surface area (Å²) in [6.45, 7) is -1.07. The summed E-state index contributed by atoms with van der Waals surface area (Å²) < 4.78 is 129. The standard InChI is InChI=1S/C30H27N3O16S4/c34-28-21-8-7-18(31-29(35)22-3-1-2-4-23(22)30(36)37)11-17(21)13-26(52(43,44)45)27(28)33-32-19-6-5-16-12-20(51(40,41)42)15-25(24(16)14-19)50(38,39)10-9-49-53(46,47)48/h1-2,5-8,11-15,22-23,34H,3-4,9-10H2,(H,31,35)(H,36,37)(H,40,41,42)(H,43,44,45)(H,46,47,48)/t22-,23+/m1/s1.